The van der Waals surface area contributed by atoms with Gasteiger partial charge in [-0.2, -0.15) is 0 Å². The summed E-state index contributed by atoms with van der Waals surface area (Å²) >= 11 is 14.0. The number of aliphatic imine (C=N–C) groups is 1. The van der Waals surface area contributed by atoms with Gasteiger partial charge in [-0.3, -0.25) is 4.99 Å². The third-order valence-electron chi connectivity index (χ3n) is 5.03. The molecule has 0 atom stereocenters. The lowest BCUT2D eigenvalue weighted by molar-refractivity contribution is 0.897. The Morgan fingerprint density at radius 1 is 0.938 bits per heavy atom. The Bertz CT molecular complexity index is 1110. The van der Waals surface area contributed by atoms with Crippen molar-refractivity contribution in [3.05, 3.63) is 99.5 Å². The van der Waals surface area contributed by atoms with E-state index in [1.807, 2.05) is 18.2 Å². The third-order valence-corrected chi connectivity index (χ3v) is 6.93. The highest BCUT2D eigenvalue weighted by molar-refractivity contribution is 7.98. The zero-order valence-corrected chi connectivity index (χ0v) is 21.5. The number of fused-ring (bicyclic) bond motifs is 1. The molecule has 3 aromatic carbocycles. The second kappa shape index (κ2) is 12.6. The SMILES string of the molecule is CN1CCN=C(/C=C/c2ccccc2SCc2ccc(Cl)c(Cl)c2)c2ccccc21.Cl.Cl. The van der Waals surface area contributed by atoms with Gasteiger partial charge in [-0.05, 0) is 41.5 Å². The summed E-state index contributed by atoms with van der Waals surface area (Å²) in [6.45, 7) is 1.71. The number of thioether (sulfide) groups is 1. The van der Waals surface area contributed by atoms with Crippen LogP contribution in [0.15, 0.2) is 82.7 Å². The molecule has 32 heavy (non-hydrogen) atoms. The summed E-state index contributed by atoms with van der Waals surface area (Å²) < 4.78 is 0. The van der Waals surface area contributed by atoms with Crippen molar-refractivity contribution in [1.82, 2.24) is 0 Å². The number of likely N-dealkylation sites (N-methyl/N-ethyl adjacent to an activating group) is 1. The van der Waals surface area contributed by atoms with Crippen LogP contribution in [-0.4, -0.2) is 25.8 Å². The number of benzene rings is 3. The summed E-state index contributed by atoms with van der Waals surface area (Å²) in [5.74, 6) is 0.830. The first-order chi connectivity index (χ1) is 14.6. The average Bonchev–Trinajstić information content (AvgIpc) is 2.92. The van der Waals surface area contributed by atoms with Crippen molar-refractivity contribution in [2.75, 3.05) is 25.0 Å². The van der Waals surface area contributed by atoms with Gasteiger partial charge in [-0.25, -0.2) is 0 Å². The van der Waals surface area contributed by atoms with E-state index in [0.29, 0.717) is 10.0 Å². The summed E-state index contributed by atoms with van der Waals surface area (Å²) in [7, 11) is 2.12. The van der Waals surface area contributed by atoms with E-state index < -0.39 is 0 Å². The Labute approximate surface area is 216 Å². The highest BCUT2D eigenvalue weighted by Gasteiger charge is 2.13. The van der Waals surface area contributed by atoms with Crippen LogP contribution in [0.25, 0.3) is 6.08 Å². The van der Waals surface area contributed by atoms with Gasteiger partial charge in [0.25, 0.3) is 0 Å². The molecule has 2 nitrogen and oxygen atoms in total. The number of hydrogen-bond acceptors (Lipinski definition) is 3. The maximum absolute atomic E-state index is 6.16. The van der Waals surface area contributed by atoms with Crippen molar-refractivity contribution in [1.29, 1.82) is 0 Å². The van der Waals surface area contributed by atoms with E-state index in [2.05, 4.69) is 72.6 Å². The van der Waals surface area contributed by atoms with Gasteiger partial charge in [0.15, 0.2) is 0 Å². The Hall–Kier alpha value is -1.62. The summed E-state index contributed by atoms with van der Waals surface area (Å²) in [5, 5.41) is 1.18. The summed E-state index contributed by atoms with van der Waals surface area (Å²) in [4.78, 5) is 8.31. The van der Waals surface area contributed by atoms with E-state index >= 15 is 0 Å². The lowest BCUT2D eigenvalue weighted by Gasteiger charge is -2.18. The first-order valence-corrected chi connectivity index (χ1v) is 11.5. The first-order valence-electron chi connectivity index (χ1n) is 9.80. The first kappa shape index (κ1) is 26.6. The molecule has 0 N–H and O–H groups in total. The van der Waals surface area contributed by atoms with Gasteiger partial charge in [0.1, 0.15) is 0 Å². The van der Waals surface area contributed by atoms with Gasteiger partial charge in [-0.15, -0.1) is 36.6 Å². The highest BCUT2D eigenvalue weighted by atomic mass is 35.5. The molecule has 0 aromatic heterocycles. The van der Waals surface area contributed by atoms with Gasteiger partial charge < -0.3 is 4.90 Å². The smallest absolute Gasteiger partial charge is 0.0668 e. The topological polar surface area (TPSA) is 15.6 Å². The number of allylic oxidation sites excluding steroid dienone is 1. The highest BCUT2D eigenvalue weighted by Crippen LogP contribution is 2.30. The zero-order valence-electron chi connectivity index (χ0n) is 17.5. The molecule has 0 unspecified atom stereocenters. The fourth-order valence-electron chi connectivity index (χ4n) is 3.40. The molecule has 0 fully saturated rings. The van der Waals surface area contributed by atoms with Gasteiger partial charge in [0.05, 0.1) is 22.3 Å². The molecule has 0 bridgehead atoms. The van der Waals surface area contributed by atoms with Crippen molar-refractivity contribution in [3.8, 4) is 0 Å². The maximum Gasteiger partial charge on any atom is 0.0668 e. The lowest BCUT2D eigenvalue weighted by atomic mass is 10.1. The van der Waals surface area contributed by atoms with Crippen molar-refractivity contribution in [2.45, 2.75) is 10.6 Å². The maximum atomic E-state index is 6.16. The summed E-state index contributed by atoms with van der Waals surface area (Å²) in [6.07, 6.45) is 4.30. The van der Waals surface area contributed by atoms with Gasteiger partial charge in [0, 0.05) is 35.5 Å². The summed E-state index contributed by atoms with van der Waals surface area (Å²) in [5.41, 5.74) is 5.76. The average molecular weight is 526 g/mol. The second-order valence-corrected chi connectivity index (χ2v) is 8.95. The molecule has 3 aromatic rings. The molecule has 7 heteroatoms. The molecule has 0 amide bonds. The van der Waals surface area contributed by atoms with E-state index in [1.165, 1.54) is 21.7 Å². The van der Waals surface area contributed by atoms with Crippen LogP contribution in [-0.2, 0) is 5.75 Å². The van der Waals surface area contributed by atoms with E-state index in [9.17, 15) is 0 Å². The van der Waals surface area contributed by atoms with Crippen LogP contribution in [0.2, 0.25) is 10.0 Å². The molecule has 1 heterocycles. The van der Waals surface area contributed by atoms with Crippen LogP contribution in [0, 0.1) is 0 Å². The standard InChI is InChI=1S/C25H22Cl2N2S.2ClH/c1-29-15-14-28-23(20-7-3-4-8-24(20)29)13-11-19-6-2-5-9-25(19)30-17-18-10-12-21(26)22(27)16-18;;/h2-13,16H,14-15,17H2,1H3;2*1H/b13-11+;;. The molecule has 0 saturated heterocycles. The largest absolute Gasteiger partial charge is 0.372 e. The number of para-hydroxylation sites is 1. The van der Waals surface area contributed by atoms with Crippen LogP contribution >= 0.6 is 59.8 Å². The molecule has 0 saturated carbocycles. The van der Waals surface area contributed by atoms with Gasteiger partial charge in [-0.1, -0.05) is 71.7 Å². The van der Waals surface area contributed by atoms with Crippen molar-refractivity contribution < 1.29 is 0 Å². The van der Waals surface area contributed by atoms with E-state index in [0.717, 1.165) is 30.1 Å². The Morgan fingerprint density at radius 3 is 2.50 bits per heavy atom. The molecule has 0 radical (unpaired) electrons. The number of anilines is 1. The minimum absolute atomic E-state index is 0. The lowest BCUT2D eigenvalue weighted by Crippen LogP contribution is -2.20. The van der Waals surface area contributed by atoms with E-state index in [-0.39, 0.29) is 24.8 Å². The molecule has 168 valence electrons. The number of benzodiazepines with no additional fused rings is 1. The number of nitrogens with zero attached hydrogens (tertiary/aromatic N) is 2. The third kappa shape index (κ3) is 6.46. The van der Waals surface area contributed by atoms with Crippen LogP contribution in [0.1, 0.15) is 16.7 Å². The predicted octanol–water partition coefficient (Wildman–Crippen LogP) is 8.08. The fourth-order valence-corrected chi connectivity index (χ4v) is 4.70. The van der Waals surface area contributed by atoms with Gasteiger partial charge >= 0.3 is 0 Å². The van der Waals surface area contributed by atoms with Crippen LogP contribution in [0.4, 0.5) is 5.69 Å². The Balaban J connectivity index is 0.00000181. The number of rotatable bonds is 5. The van der Waals surface area contributed by atoms with E-state index in [4.69, 9.17) is 28.2 Å². The predicted molar refractivity (Wildman–Crippen MR) is 147 cm³/mol. The summed E-state index contributed by atoms with van der Waals surface area (Å²) in [6, 6.07) is 22.7. The Morgan fingerprint density at radius 2 is 1.69 bits per heavy atom. The minimum atomic E-state index is 0. The second-order valence-electron chi connectivity index (χ2n) is 7.11. The minimum Gasteiger partial charge on any atom is -0.372 e. The van der Waals surface area contributed by atoms with Crippen LogP contribution in [0.5, 0.6) is 0 Å². The van der Waals surface area contributed by atoms with Crippen LogP contribution < -0.4 is 4.90 Å². The molecule has 4 rings (SSSR count). The van der Waals surface area contributed by atoms with Gasteiger partial charge in [0.2, 0.25) is 0 Å². The molecular formula is C25H24Cl4N2S. The molecule has 1 aliphatic rings. The van der Waals surface area contributed by atoms with Crippen molar-refractivity contribution in [2.24, 2.45) is 4.99 Å². The Kier molecular flexibility index (Phi) is 10.5. The molecular weight excluding hydrogens is 502 g/mol. The van der Waals surface area contributed by atoms with E-state index in [1.54, 1.807) is 11.8 Å². The fraction of sp³-hybridized carbons (Fsp3) is 0.160. The van der Waals surface area contributed by atoms with Crippen molar-refractivity contribution in [3.63, 3.8) is 0 Å². The molecule has 0 spiro atoms. The molecule has 1 aliphatic heterocycles. The van der Waals surface area contributed by atoms with Crippen molar-refractivity contribution >= 4 is 77.3 Å². The normalized spacial score (nSPS) is 13.0. The number of hydrogen-bond donors (Lipinski definition) is 0. The number of halogens is 4. The monoisotopic (exact) mass is 524 g/mol. The quantitative estimate of drug-likeness (QED) is 0.313. The molecule has 0 aliphatic carbocycles. The zero-order chi connectivity index (χ0) is 20.9. The van der Waals surface area contributed by atoms with Crippen LogP contribution in [0.3, 0.4) is 0 Å².